The summed E-state index contributed by atoms with van der Waals surface area (Å²) in [5, 5.41) is 9.11. The molecule has 2 heterocycles. The van der Waals surface area contributed by atoms with Gasteiger partial charge in [0.2, 0.25) is 10.0 Å². The SMILES string of the molecule is Cc1sc(Br)cc1S(=O)(=O)N1CC(C(=O)O)CCC1C. The van der Waals surface area contributed by atoms with Gasteiger partial charge in [-0.3, -0.25) is 4.79 Å². The van der Waals surface area contributed by atoms with Gasteiger partial charge in [-0.15, -0.1) is 11.3 Å². The first kappa shape index (κ1) is 15.9. The number of aliphatic carboxylic acids is 1. The van der Waals surface area contributed by atoms with Gasteiger partial charge in [0.25, 0.3) is 0 Å². The van der Waals surface area contributed by atoms with Gasteiger partial charge in [0.05, 0.1) is 14.6 Å². The summed E-state index contributed by atoms with van der Waals surface area (Å²) < 4.78 is 27.5. The quantitative estimate of drug-likeness (QED) is 0.872. The van der Waals surface area contributed by atoms with Crippen molar-refractivity contribution in [3.63, 3.8) is 0 Å². The Balaban J connectivity index is 2.37. The van der Waals surface area contributed by atoms with E-state index in [1.54, 1.807) is 13.0 Å². The molecule has 1 saturated heterocycles. The van der Waals surface area contributed by atoms with Crippen LogP contribution in [0.4, 0.5) is 0 Å². The molecule has 0 radical (unpaired) electrons. The molecule has 5 nitrogen and oxygen atoms in total. The number of halogens is 1. The fourth-order valence-corrected chi connectivity index (χ4v) is 6.52. The summed E-state index contributed by atoms with van der Waals surface area (Å²) in [6.45, 7) is 3.63. The molecule has 1 aromatic rings. The van der Waals surface area contributed by atoms with Crippen LogP contribution in [0.2, 0.25) is 0 Å². The largest absolute Gasteiger partial charge is 0.481 e. The molecule has 1 aliphatic rings. The fraction of sp³-hybridized carbons (Fsp3) is 0.583. The zero-order chi connectivity index (χ0) is 15.1. The lowest BCUT2D eigenvalue weighted by molar-refractivity contribution is -0.143. The number of aryl methyl sites for hydroxylation is 1. The van der Waals surface area contributed by atoms with Gasteiger partial charge < -0.3 is 5.11 Å². The van der Waals surface area contributed by atoms with Gasteiger partial charge in [0, 0.05) is 17.5 Å². The van der Waals surface area contributed by atoms with Crippen molar-refractivity contribution in [2.24, 2.45) is 5.92 Å². The standard InChI is InChI=1S/C12H16BrNO4S2/c1-7-3-4-9(12(15)16)6-14(7)20(17,18)10-5-11(13)19-8(10)2/h5,7,9H,3-4,6H2,1-2H3,(H,15,16). The maximum Gasteiger partial charge on any atom is 0.307 e. The molecule has 1 fully saturated rings. The van der Waals surface area contributed by atoms with Gasteiger partial charge in [-0.2, -0.15) is 4.31 Å². The third-order valence-corrected chi connectivity index (χ3v) is 7.39. The minimum Gasteiger partial charge on any atom is -0.481 e. The van der Waals surface area contributed by atoms with Crippen molar-refractivity contribution in [3.05, 3.63) is 14.7 Å². The molecule has 8 heteroatoms. The van der Waals surface area contributed by atoms with Crippen LogP contribution in [0, 0.1) is 12.8 Å². The highest BCUT2D eigenvalue weighted by Crippen LogP contribution is 2.34. The fourth-order valence-electron chi connectivity index (χ4n) is 2.42. The van der Waals surface area contributed by atoms with E-state index in [-0.39, 0.29) is 17.5 Å². The zero-order valence-corrected chi connectivity index (χ0v) is 14.4. The van der Waals surface area contributed by atoms with Crippen LogP contribution in [-0.4, -0.2) is 36.4 Å². The number of rotatable bonds is 3. The molecule has 2 rings (SSSR count). The second kappa shape index (κ2) is 5.75. The van der Waals surface area contributed by atoms with Crippen molar-refractivity contribution in [1.82, 2.24) is 4.31 Å². The number of sulfonamides is 1. The first-order valence-corrected chi connectivity index (χ1v) is 9.29. The van der Waals surface area contributed by atoms with Crippen molar-refractivity contribution in [2.75, 3.05) is 6.54 Å². The first-order valence-electron chi connectivity index (χ1n) is 6.24. The third-order valence-electron chi connectivity index (χ3n) is 3.60. The minimum atomic E-state index is -3.64. The Bertz CT molecular complexity index is 625. The van der Waals surface area contributed by atoms with Gasteiger partial charge in [-0.05, 0) is 48.7 Å². The zero-order valence-electron chi connectivity index (χ0n) is 11.2. The molecule has 1 N–H and O–H groups in total. The topological polar surface area (TPSA) is 74.7 Å². The maximum atomic E-state index is 12.7. The molecule has 1 aliphatic heterocycles. The minimum absolute atomic E-state index is 0.0474. The van der Waals surface area contributed by atoms with Crippen LogP contribution < -0.4 is 0 Å². The lowest BCUT2D eigenvalue weighted by Gasteiger charge is -2.35. The summed E-state index contributed by atoms with van der Waals surface area (Å²) in [6, 6.07) is 1.42. The van der Waals surface area contributed by atoms with E-state index < -0.39 is 21.9 Å². The van der Waals surface area contributed by atoms with Gasteiger partial charge >= 0.3 is 5.97 Å². The smallest absolute Gasteiger partial charge is 0.307 e. The molecule has 0 aromatic carbocycles. The van der Waals surface area contributed by atoms with E-state index in [9.17, 15) is 13.2 Å². The van der Waals surface area contributed by atoms with Crippen molar-refractivity contribution in [3.8, 4) is 0 Å². The molecule has 1 aromatic heterocycles. The summed E-state index contributed by atoms with van der Waals surface area (Å²) in [5.74, 6) is -1.55. The molecule has 2 atom stereocenters. The van der Waals surface area contributed by atoms with E-state index in [0.717, 1.165) is 3.79 Å². The van der Waals surface area contributed by atoms with Gasteiger partial charge in [-0.25, -0.2) is 8.42 Å². The van der Waals surface area contributed by atoms with Crippen LogP contribution in [0.25, 0.3) is 0 Å². The lowest BCUT2D eigenvalue weighted by atomic mass is 9.96. The van der Waals surface area contributed by atoms with Crippen LogP contribution in [0.5, 0.6) is 0 Å². The number of carboxylic acid groups (broad SMARTS) is 1. The lowest BCUT2D eigenvalue weighted by Crippen LogP contribution is -2.47. The molecule has 20 heavy (non-hydrogen) atoms. The predicted molar refractivity (Wildman–Crippen MR) is 80.5 cm³/mol. The Kier molecular flexibility index (Phi) is 4.58. The number of nitrogens with zero attached hydrogens (tertiary/aromatic N) is 1. The van der Waals surface area contributed by atoms with Crippen LogP contribution in [-0.2, 0) is 14.8 Å². The monoisotopic (exact) mass is 381 g/mol. The average Bonchev–Trinajstić information content (AvgIpc) is 2.69. The third kappa shape index (κ3) is 2.93. The van der Waals surface area contributed by atoms with E-state index in [4.69, 9.17) is 5.11 Å². The molecule has 0 saturated carbocycles. The van der Waals surface area contributed by atoms with Crippen LogP contribution in [0.3, 0.4) is 0 Å². The van der Waals surface area contributed by atoms with Gasteiger partial charge in [0.1, 0.15) is 0 Å². The van der Waals surface area contributed by atoms with Gasteiger partial charge in [0.15, 0.2) is 0 Å². The summed E-state index contributed by atoms with van der Waals surface area (Å²) in [7, 11) is -3.64. The molecule has 112 valence electrons. The van der Waals surface area contributed by atoms with E-state index in [1.807, 2.05) is 6.92 Å². The normalized spacial score (nSPS) is 24.8. The first-order chi connectivity index (χ1) is 9.23. The Labute approximate surface area is 130 Å². The van der Waals surface area contributed by atoms with E-state index in [2.05, 4.69) is 15.9 Å². The molecule has 0 amide bonds. The Morgan fingerprint density at radius 3 is 2.65 bits per heavy atom. The van der Waals surface area contributed by atoms with Crippen molar-refractivity contribution in [2.45, 2.75) is 37.6 Å². The highest BCUT2D eigenvalue weighted by molar-refractivity contribution is 9.11. The molecular formula is C12H16BrNO4S2. The van der Waals surface area contributed by atoms with Gasteiger partial charge in [-0.1, -0.05) is 0 Å². The van der Waals surface area contributed by atoms with Crippen molar-refractivity contribution < 1.29 is 18.3 Å². The number of thiophene rings is 1. The maximum absolute atomic E-state index is 12.7. The highest BCUT2D eigenvalue weighted by atomic mass is 79.9. The number of piperidine rings is 1. The van der Waals surface area contributed by atoms with Crippen LogP contribution in [0.15, 0.2) is 14.7 Å². The van der Waals surface area contributed by atoms with Crippen LogP contribution >= 0.6 is 27.3 Å². The van der Waals surface area contributed by atoms with E-state index in [1.165, 1.54) is 15.6 Å². The predicted octanol–water partition coefficient (Wildman–Crippen LogP) is 2.69. The summed E-state index contributed by atoms with van der Waals surface area (Å²) in [4.78, 5) is 12.1. The molecule has 0 spiro atoms. The van der Waals surface area contributed by atoms with Crippen molar-refractivity contribution in [1.29, 1.82) is 0 Å². The Hall–Kier alpha value is -0.440. The van der Waals surface area contributed by atoms with Crippen molar-refractivity contribution >= 4 is 43.3 Å². The van der Waals surface area contributed by atoms with E-state index >= 15 is 0 Å². The number of carboxylic acids is 1. The Morgan fingerprint density at radius 1 is 1.50 bits per heavy atom. The average molecular weight is 382 g/mol. The number of hydrogen-bond donors (Lipinski definition) is 1. The molecular weight excluding hydrogens is 366 g/mol. The molecule has 0 bridgehead atoms. The Morgan fingerprint density at radius 2 is 2.15 bits per heavy atom. The van der Waals surface area contributed by atoms with E-state index in [0.29, 0.717) is 17.7 Å². The summed E-state index contributed by atoms with van der Waals surface area (Å²) in [6.07, 6.45) is 1.09. The highest BCUT2D eigenvalue weighted by Gasteiger charge is 2.38. The number of hydrogen-bond acceptors (Lipinski definition) is 4. The molecule has 0 aliphatic carbocycles. The number of carbonyl (C=O) groups is 1. The van der Waals surface area contributed by atoms with Crippen LogP contribution in [0.1, 0.15) is 24.6 Å². The summed E-state index contributed by atoms with van der Waals surface area (Å²) in [5.41, 5.74) is 0. The second-order valence-corrected chi connectivity index (χ2v) is 9.50. The second-order valence-electron chi connectivity index (χ2n) is 5.01. The molecule has 2 unspecified atom stereocenters. The summed E-state index contributed by atoms with van der Waals surface area (Å²) >= 11 is 4.65.